The van der Waals surface area contributed by atoms with Crippen molar-refractivity contribution in [2.75, 3.05) is 0 Å². The van der Waals surface area contributed by atoms with Crippen molar-refractivity contribution in [3.05, 3.63) is 53.8 Å². The van der Waals surface area contributed by atoms with Crippen LogP contribution in [0.2, 0.25) is 0 Å². The molecule has 3 aromatic rings. The molecule has 0 saturated heterocycles. The molecule has 0 aliphatic heterocycles. The molecular weight excluding hydrogens is 243 g/mol. The molecule has 2 nitrogen and oxygen atoms in total. The van der Waals surface area contributed by atoms with Crippen molar-refractivity contribution in [2.24, 2.45) is 0 Å². The van der Waals surface area contributed by atoms with Crippen LogP contribution in [0.15, 0.2) is 40.8 Å². The molecule has 1 aromatic heterocycles. The number of aromatic nitrogens is 1. The summed E-state index contributed by atoms with van der Waals surface area (Å²) in [6.45, 7) is 0. The van der Waals surface area contributed by atoms with Crippen LogP contribution in [0.5, 0.6) is 0 Å². The molecule has 1 heterocycles. The molecule has 0 fully saturated rings. The summed E-state index contributed by atoms with van der Waals surface area (Å²) < 4.78 is 44.4. The summed E-state index contributed by atoms with van der Waals surface area (Å²) in [4.78, 5) is 4.07. The minimum absolute atomic E-state index is 0.0500. The molecule has 0 spiro atoms. The predicted molar refractivity (Wildman–Crippen MR) is 59.3 cm³/mol. The van der Waals surface area contributed by atoms with E-state index in [1.54, 1.807) is 24.3 Å². The molecule has 5 heteroatoms. The lowest BCUT2D eigenvalue weighted by molar-refractivity contribution is 0.447. The maximum absolute atomic E-state index is 13.1. The van der Waals surface area contributed by atoms with E-state index in [4.69, 9.17) is 4.42 Å². The fourth-order valence-corrected chi connectivity index (χ4v) is 1.67. The first-order chi connectivity index (χ1) is 8.65. The highest BCUT2D eigenvalue weighted by atomic mass is 19.2. The molecule has 0 bridgehead atoms. The van der Waals surface area contributed by atoms with Crippen LogP contribution in [0.3, 0.4) is 0 Å². The maximum atomic E-state index is 13.1. The van der Waals surface area contributed by atoms with Crippen molar-refractivity contribution in [3.63, 3.8) is 0 Å². The van der Waals surface area contributed by atoms with Crippen LogP contribution in [-0.4, -0.2) is 4.98 Å². The van der Waals surface area contributed by atoms with Gasteiger partial charge in [-0.1, -0.05) is 12.1 Å². The molecule has 0 atom stereocenters. The molecule has 0 saturated carbocycles. The second-order valence-electron chi connectivity index (χ2n) is 3.74. The van der Waals surface area contributed by atoms with Gasteiger partial charge in [-0.15, -0.1) is 0 Å². The molecule has 18 heavy (non-hydrogen) atoms. The molecule has 0 radical (unpaired) electrons. The molecule has 0 amide bonds. The van der Waals surface area contributed by atoms with Gasteiger partial charge in [-0.3, -0.25) is 0 Å². The van der Waals surface area contributed by atoms with E-state index in [9.17, 15) is 13.2 Å². The van der Waals surface area contributed by atoms with Crippen molar-refractivity contribution in [1.29, 1.82) is 0 Å². The van der Waals surface area contributed by atoms with Crippen molar-refractivity contribution in [1.82, 2.24) is 4.98 Å². The topological polar surface area (TPSA) is 26.0 Å². The van der Waals surface area contributed by atoms with E-state index in [1.165, 1.54) is 0 Å². The van der Waals surface area contributed by atoms with E-state index in [0.717, 1.165) is 12.1 Å². The molecule has 0 N–H and O–H groups in total. The molecule has 0 aliphatic carbocycles. The van der Waals surface area contributed by atoms with Gasteiger partial charge in [-0.25, -0.2) is 18.2 Å². The predicted octanol–water partition coefficient (Wildman–Crippen LogP) is 3.91. The third kappa shape index (κ3) is 1.64. The Labute approximate surface area is 99.7 Å². The van der Waals surface area contributed by atoms with Gasteiger partial charge in [0.05, 0.1) is 0 Å². The van der Waals surface area contributed by atoms with E-state index >= 15 is 0 Å². The van der Waals surface area contributed by atoms with Gasteiger partial charge in [-0.05, 0) is 24.3 Å². The monoisotopic (exact) mass is 249 g/mol. The first-order valence-electron chi connectivity index (χ1n) is 5.15. The van der Waals surface area contributed by atoms with Crippen molar-refractivity contribution in [2.45, 2.75) is 0 Å². The van der Waals surface area contributed by atoms with Crippen molar-refractivity contribution in [3.8, 4) is 11.5 Å². The summed E-state index contributed by atoms with van der Waals surface area (Å²) in [7, 11) is 0. The number of hydrogen-bond acceptors (Lipinski definition) is 2. The number of nitrogens with zero attached hydrogens (tertiary/aromatic N) is 1. The quantitative estimate of drug-likeness (QED) is 0.611. The van der Waals surface area contributed by atoms with Gasteiger partial charge < -0.3 is 4.42 Å². The summed E-state index contributed by atoms with van der Waals surface area (Å²) in [6.07, 6.45) is 0. The zero-order chi connectivity index (χ0) is 12.7. The minimum atomic E-state index is -1.50. The second-order valence-corrected chi connectivity index (χ2v) is 3.74. The van der Waals surface area contributed by atoms with Gasteiger partial charge in [0.2, 0.25) is 5.89 Å². The van der Waals surface area contributed by atoms with E-state index in [1.807, 2.05) is 0 Å². The Bertz CT molecular complexity index is 680. The minimum Gasteiger partial charge on any atom is -0.436 e. The first-order valence-corrected chi connectivity index (χ1v) is 5.15. The number of oxazole rings is 1. The Hall–Kier alpha value is -2.30. The zero-order valence-corrected chi connectivity index (χ0v) is 8.95. The SMILES string of the molecule is Fc1cc(-c2nc3ccccc3o2)cc(F)c1F. The highest BCUT2D eigenvalue weighted by Crippen LogP contribution is 2.26. The molecule has 0 aliphatic rings. The van der Waals surface area contributed by atoms with Crippen LogP contribution in [0.25, 0.3) is 22.6 Å². The zero-order valence-electron chi connectivity index (χ0n) is 8.95. The Balaban J connectivity index is 2.20. The van der Waals surface area contributed by atoms with Crippen LogP contribution < -0.4 is 0 Å². The Morgan fingerprint density at radius 2 is 1.61 bits per heavy atom. The van der Waals surface area contributed by atoms with Crippen LogP contribution in [-0.2, 0) is 0 Å². The lowest BCUT2D eigenvalue weighted by atomic mass is 10.2. The maximum Gasteiger partial charge on any atom is 0.227 e. The van der Waals surface area contributed by atoms with Gasteiger partial charge in [-0.2, -0.15) is 0 Å². The third-order valence-corrected chi connectivity index (χ3v) is 2.52. The summed E-state index contributed by atoms with van der Waals surface area (Å²) in [5.41, 5.74) is 1.12. The Morgan fingerprint density at radius 3 is 2.28 bits per heavy atom. The van der Waals surface area contributed by atoms with E-state index in [0.29, 0.717) is 11.1 Å². The van der Waals surface area contributed by atoms with Crippen LogP contribution in [0.4, 0.5) is 13.2 Å². The Kier molecular flexibility index (Phi) is 2.33. The van der Waals surface area contributed by atoms with E-state index in [-0.39, 0.29) is 11.5 Å². The highest BCUT2D eigenvalue weighted by Gasteiger charge is 2.15. The normalized spacial score (nSPS) is 11.1. The van der Waals surface area contributed by atoms with E-state index in [2.05, 4.69) is 4.98 Å². The summed E-state index contributed by atoms with van der Waals surface area (Å²) in [6, 6.07) is 8.61. The third-order valence-electron chi connectivity index (χ3n) is 2.52. The van der Waals surface area contributed by atoms with E-state index < -0.39 is 17.5 Å². The number of halogens is 3. The number of rotatable bonds is 1. The fraction of sp³-hybridized carbons (Fsp3) is 0. The number of para-hydroxylation sites is 2. The lowest BCUT2D eigenvalue weighted by Gasteiger charge is -1.98. The summed E-state index contributed by atoms with van der Waals surface area (Å²) in [5.74, 6) is -4.00. The number of fused-ring (bicyclic) bond motifs is 1. The van der Waals surface area contributed by atoms with Gasteiger partial charge in [0.15, 0.2) is 23.0 Å². The molecule has 90 valence electrons. The van der Waals surface area contributed by atoms with Crippen molar-refractivity contribution < 1.29 is 17.6 Å². The lowest BCUT2D eigenvalue weighted by Crippen LogP contribution is -1.91. The molecule has 0 unspecified atom stereocenters. The van der Waals surface area contributed by atoms with Gasteiger partial charge in [0.25, 0.3) is 0 Å². The summed E-state index contributed by atoms with van der Waals surface area (Å²) >= 11 is 0. The largest absolute Gasteiger partial charge is 0.436 e. The molecular formula is C13H6F3NO. The van der Waals surface area contributed by atoms with Crippen LogP contribution in [0.1, 0.15) is 0 Å². The fourth-order valence-electron chi connectivity index (χ4n) is 1.67. The number of benzene rings is 2. The second kappa shape index (κ2) is 3.87. The van der Waals surface area contributed by atoms with Gasteiger partial charge >= 0.3 is 0 Å². The molecule has 3 rings (SSSR count). The summed E-state index contributed by atoms with van der Waals surface area (Å²) in [5, 5.41) is 0. The average Bonchev–Trinajstić information content (AvgIpc) is 2.79. The first kappa shape index (κ1) is 10.8. The molecule has 2 aromatic carbocycles. The standard InChI is InChI=1S/C13H6F3NO/c14-8-5-7(6-9(15)12(8)16)13-17-10-3-1-2-4-11(10)18-13/h1-6H. The van der Waals surface area contributed by atoms with Gasteiger partial charge in [0.1, 0.15) is 5.52 Å². The highest BCUT2D eigenvalue weighted by molar-refractivity contribution is 5.75. The smallest absolute Gasteiger partial charge is 0.227 e. The van der Waals surface area contributed by atoms with Crippen molar-refractivity contribution >= 4 is 11.1 Å². The van der Waals surface area contributed by atoms with Gasteiger partial charge in [0, 0.05) is 5.56 Å². The average molecular weight is 249 g/mol. The van der Waals surface area contributed by atoms with Crippen LogP contribution in [0, 0.1) is 17.5 Å². The van der Waals surface area contributed by atoms with Crippen LogP contribution >= 0.6 is 0 Å². The Morgan fingerprint density at radius 1 is 0.944 bits per heavy atom. The number of hydrogen-bond donors (Lipinski definition) is 0.